The molecule has 3 aliphatic heterocycles. The molecule has 0 saturated carbocycles. The van der Waals surface area contributed by atoms with Gasteiger partial charge in [0.05, 0.1) is 23.4 Å². The third-order valence-corrected chi connectivity index (χ3v) is 7.00. The quantitative estimate of drug-likeness (QED) is 0.470. The van der Waals surface area contributed by atoms with Crippen LogP contribution in [0.15, 0.2) is 18.2 Å². The molecule has 4 rings (SSSR count). The van der Waals surface area contributed by atoms with E-state index in [1.807, 2.05) is 30.0 Å². The molecular weight excluding hydrogens is 424 g/mol. The lowest BCUT2D eigenvalue weighted by molar-refractivity contribution is -0.384. The molecule has 180 valence electrons. The van der Waals surface area contributed by atoms with Crippen LogP contribution in [-0.2, 0) is 16.0 Å². The highest BCUT2D eigenvalue weighted by atomic mass is 16.6. The Morgan fingerprint density at radius 2 is 1.94 bits per heavy atom. The lowest BCUT2D eigenvalue weighted by Gasteiger charge is -2.49. The van der Waals surface area contributed by atoms with Crippen LogP contribution in [0.3, 0.4) is 0 Å². The summed E-state index contributed by atoms with van der Waals surface area (Å²) in [5.41, 5.74) is 1.86. The van der Waals surface area contributed by atoms with Gasteiger partial charge < -0.3 is 20.0 Å². The van der Waals surface area contributed by atoms with E-state index in [0.29, 0.717) is 32.6 Å². The topological polar surface area (TPSA) is 102 Å². The summed E-state index contributed by atoms with van der Waals surface area (Å²) < 4.78 is 0. The summed E-state index contributed by atoms with van der Waals surface area (Å²) in [6.07, 6.45) is 2.60. The van der Waals surface area contributed by atoms with Crippen molar-refractivity contribution < 1.29 is 14.5 Å². The average Bonchev–Trinajstić information content (AvgIpc) is 3.33. The summed E-state index contributed by atoms with van der Waals surface area (Å²) in [4.78, 5) is 45.2. The summed E-state index contributed by atoms with van der Waals surface area (Å²) in [6, 6.07) is 4.88. The second-order valence-corrected chi connectivity index (χ2v) is 9.56. The number of benzene rings is 1. The van der Waals surface area contributed by atoms with Crippen LogP contribution in [0.2, 0.25) is 0 Å². The largest absolute Gasteiger partial charge is 0.365 e. The third-order valence-electron chi connectivity index (χ3n) is 7.00. The van der Waals surface area contributed by atoms with Gasteiger partial charge in [0.1, 0.15) is 0 Å². The third kappa shape index (κ3) is 5.27. The van der Waals surface area contributed by atoms with E-state index in [0.717, 1.165) is 50.3 Å². The van der Waals surface area contributed by atoms with Crippen LogP contribution in [-0.4, -0.2) is 104 Å². The number of likely N-dealkylation sites (N-methyl/N-ethyl adjacent to an activating group) is 1. The van der Waals surface area contributed by atoms with E-state index >= 15 is 0 Å². The Kier molecular flexibility index (Phi) is 7.14. The van der Waals surface area contributed by atoms with Crippen LogP contribution in [0.1, 0.15) is 18.4 Å². The van der Waals surface area contributed by atoms with Gasteiger partial charge in [-0.2, -0.15) is 0 Å². The number of anilines is 1. The van der Waals surface area contributed by atoms with Crippen molar-refractivity contribution in [3.8, 4) is 0 Å². The zero-order valence-corrected chi connectivity index (χ0v) is 19.5. The molecule has 1 aromatic carbocycles. The number of amides is 2. The predicted octanol–water partition coefficient (Wildman–Crippen LogP) is 0.558. The van der Waals surface area contributed by atoms with Gasteiger partial charge in [-0.15, -0.1) is 0 Å². The van der Waals surface area contributed by atoms with Gasteiger partial charge in [-0.05, 0) is 45.0 Å². The van der Waals surface area contributed by atoms with Crippen molar-refractivity contribution in [3.05, 3.63) is 33.9 Å². The first kappa shape index (κ1) is 23.4. The Labute approximate surface area is 194 Å². The Balaban J connectivity index is 1.53. The Hall–Kier alpha value is -2.72. The number of nitrogens with zero attached hydrogens (tertiary/aromatic N) is 5. The average molecular weight is 459 g/mol. The standard InChI is InChI=1S/C23H34N6O4/c1-25(2)10-7-24-23(31)19-14-17-13-18(29(32)33)5-6-20(17)28-12-11-26(15-21(19)28)16-22(30)27-8-3-4-9-27/h5-6,13,19,21H,3-4,7-12,14-16H2,1-2H3,(H,24,31)/t19-,21+/m1/s1. The molecule has 33 heavy (non-hydrogen) atoms. The number of fused-ring (bicyclic) bond motifs is 3. The molecule has 3 aliphatic rings. The van der Waals surface area contributed by atoms with Gasteiger partial charge in [0.2, 0.25) is 11.8 Å². The lowest BCUT2D eigenvalue weighted by atomic mass is 9.83. The van der Waals surface area contributed by atoms with Gasteiger partial charge in [0.25, 0.3) is 5.69 Å². The number of nitro benzene ring substituents is 1. The van der Waals surface area contributed by atoms with Crippen LogP contribution in [0.25, 0.3) is 0 Å². The van der Waals surface area contributed by atoms with Crippen LogP contribution < -0.4 is 10.2 Å². The fourth-order valence-corrected chi connectivity index (χ4v) is 5.22. The predicted molar refractivity (Wildman–Crippen MR) is 125 cm³/mol. The molecule has 2 fully saturated rings. The maximum Gasteiger partial charge on any atom is 0.269 e. The molecule has 0 radical (unpaired) electrons. The summed E-state index contributed by atoms with van der Waals surface area (Å²) in [7, 11) is 3.92. The lowest BCUT2D eigenvalue weighted by Crippen LogP contribution is -2.62. The van der Waals surface area contributed by atoms with E-state index in [-0.39, 0.29) is 34.4 Å². The van der Waals surface area contributed by atoms with Crippen molar-refractivity contribution in [1.82, 2.24) is 20.0 Å². The van der Waals surface area contributed by atoms with Crippen LogP contribution >= 0.6 is 0 Å². The highest BCUT2D eigenvalue weighted by molar-refractivity contribution is 5.82. The molecule has 0 aliphatic carbocycles. The number of hydrogen-bond acceptors (Lipinski definition) is 7. The number of hydrogen-bond donors (Lipinski definition) is 1. The van der Waals surface area contributed by atoms with E-state index in [1.54, 1.807) is 6.07 Å². The number of carbonyl (C=O) groups excluding carboxylic acids is 2. The highest BCUT2D eigenvalue weighted by Gasteiger charge is 2.42. The van der Waals surface area contributed by atoms with Gasteiger partial charge in [0, 0.05) is 63.6 Å². The van der Waals surface area contributed by atoms with Gasteiger partial charge in [0.15, 0.2) is 0 Å². The maximum atomic E-state index is 13.2. The number of piperazine rings is 1. The monoisotopic (exact) mass is 458 g/mol. The molecule has 10 heteroatoms. The molecule has 3 heterocycles. The van der Waals surface area contributed by atoms with Gasteiger partial charge >= 0.3 is 0 Å². The Morgan fingerprint density at radius 1 is 1.18 bits per heavy atom. The molecule has 1 N–H and O–H groups in total. The summed E-state index contributed by atoms with van der Waals surface area (Å²) in [6.45, 7) is 5.38. The molecule has 2 amide bonds. The van der Waals surface area contributed by atoms with Crippen molar-refractivity contribution >= 4 is 23.2 Å². The molecule has 0 unspecified atom stereocenters. The molecule has 2 saturated heterocycles. The van der Waals surface area contributed by atoms with E-state index in [4.69, 9.17) is 0 Å². The number of nitro groups is 1. The van der Waals surface area contributed by atoms with Gasteiger partial charge in [-0.3, -0.25) is 24.6 Å². The second kappa shape index (κ2) is 10.0. The first-order chi connectivity index (χ1) is 15.8. The SMILES string of the molecule is CN(C)CCNC(=O)[C@@H]1Cc2cc([N+](=O)[O-])ccc2N2CCN(CC(=O)N3CCCC3)C[C@@H]12. The van der Waals surface area contributed by atoms with Crippen LogP contribution in [0.5, 0.6) is 0 Å². The molecule has 0 aromatic heterocycles. The van der Waals surface area contributed by atoms with Gasteiger partial charge in [-0.1, -0.05) is 0 Å². The minimum Gasteiger partial charge on any atom is -0.365 e. The Bertz CT molecular complexity index is 901. The first-order valence-electron chi connectivity index (χ1n) is 11.8. The second-order valence-electron chi connectivity index (χ2n) is 9.56. The summed E-state index contributed by atoms with van der Waals surface area (Å²) in [5.74, 6) is -0.192. The molecule has 2 atom stereocenters. The van der Waals surface area contributed by atoms with Crippen molar-refractivity contribution in [3.63, 3.8) is 0 Å². The minimum atomic E-state index is -0.388. The summed E-state index contributed by atoms with van der Waals surface area (Å²) in [5, 5.41) is 14.4. The number of rotatable bonds is 7. The number of nitrogens with one attached hydrogen (secondary N) is 1. The molecule has 10 nitrogen and oxygen atoms in total. The van der Waals surface area contributed by atoms with Crippen molar-refractivity contribution in [2.45, 2.75) is 25.3 Å². The zero-order chi connectivity index (χ0) is 23.5. The first-order valence-corrected chi connectivity index (χ1v) is 11.8. The van der Waals surface area contributed by atoms with Gasteiger partial charge in [-0.25, -0.2) is 0 Å². The number of likely N-dealkylation sites (tertiary alicyclic amines) is 1. The van der Waals surface area contributed by atoms with E-state index < -0.39 is 0 Å². The molecule has 0 bridgehead atoms. The van der Waals surface area contributed by atoms with E-state index in [1.165, 1.54) is 6.07 Å². The highest BCUT2D eigenvalue weighted by Crippen LogP contribution is 2.37. The summed E-state index contributed by atoms with van der Waals surface area (Å²) >= 11 is 0. The van der Waals surface area contributed by atoms with Crippen molar-refractivity contribution in [2.75, 3.05) is 71.4 Å². The normalized spacial score (nSPS) is 22.8. The van der Waals surface area contributed by atoms with E-state index in [9.17, 15) is 19.7 Å². The molecular formula is C23H34N6O4. The maximum absolute atomic E-state index is 13.2. The number of carbonyl (C=O) groups is 2. The van der Waals surface area contributed by atoms with Crippen LogP contribution in [0.4, 0.5) is 11.4 Å². The Morgan fingerprint density at radius 3 is 2.64 bits per heavy atom. The fraction of sp³-hybridized carbons (Fsp3) is 0.652. The smallest absolute Gasteiger partial charge is 0.269 e. The van der Waals surface area contributed by atoms with E-state index in [2.05, 4.69) is 15.1 Å². The fourth-order valence-electron chi connectivity index (χ4n) is 5.22. The molecule has 1 aromatic rings. The van der Waals surface area contributed by atoms with Crippen molar-refractivity contribution in [2.24, 2.45) is 5.92 Å². The number of non-ortho nitro benzene ring substituents is 1. The molecule has 0 spiro atoms. The zero-order valence-electron chi connectivity index (χ0n) is 19.5. The van der Waals surface area contributed by atoms with Crippen LogP contribution in [0, 0.1) is 16.0 Å². The van der Waals surface area contributed by atoms with Crippen molar-refractivity contribution in [1.29, 1.82) is 0 Å². The minimum absolute atomic E-state index is 0.0308.